The largest absolute Gasteiger partial charge is 0.297 e. The van der Waals surface area contributed by atoms with Gasteiger partial charge in [0.2, 0.25) is 0 Å². The molecule has 2 rings (SSSR count). The van der Waals surface area contributed by atoms with Gasteiger partial charge in [-0.1, -0.05) is 23.8 Å². The average Bonchev–Trinajstić information content (AvgIpc) is 2.39. The van der Waals surface area contributed by atoms with E-state index in [1.165, 1.54) is 30.5 Å². The fourth-order valence-corrected chi connectivity index (χ4v) is 2.35. The molecule has 1 aromatic carbocycles. The molecule has 1 aliphatic heterocycles. The number of nitrogens with zero attached hydrogens (tertiary/aromatic N) is 1. The molecule has 0 aliphatic carbocycles. The van der Waals surface area contributed by atoms with E-state index in [0.717, 1.165) is 6.54 Å². The Balaban J connectivity index is 2.26. The third-order valence-corrected chi connectivity index (χ3v) is 3.36. The minimum atomic E-state index is 0.664. The zero-order valence-corrected chi connectivity index (χ0v) is 10.1. The molecular weight excluding hydrogens is 182 g/mol. The molecule has 0 bridgehead atoms. The van der Waals surface area contributed by atoms with Crippen LogP contribution in [0.1, 0.15) is 37.0 Å². The Morgan fingerprint density at radius 2 is 2.00 bits per heavy atom. The molecule has 1 aliphatic rings. The van der Waals surface area contributed by atoms with Gasteiger partial charge in [-0.05, 0) is 51.3 Å². The highest BCUT2D eigenvalue weighted by Crippen LogP contribution is 2.21. The molecule has 0 saturated heterocycles. The van der Waals surface area contributed by atoms with Crippen molar-refractivity contribution in [1.29, 1.82) is 0 Å². The number of fused-ring (bicyclic) bond motifs is 1. The molecule has 0 atom stereocenters. The molecule has 0 unspecified atom stereocenters. The first-order chi connectivity index (χ1) is 7.16. The van der Waals surface area contributed by atoms with Crippen molar-refractivity contribution in [1.82, 2.24) is 4.90 Å². The summed E-state index contributed by atoms with van der Waals surface area (Å²) in [6.45, 7) is 9.14. The van der Waals surface area contributed by atoms with Gasteiger partial charge in [-0.25, -0.2) is 0 Å². The van der Waals surface area contributed by atoms with Gasteiger partial charge in [0.25, 0.3) is 0 Å². The van der Waals surface area contributed by atoms with Crippen molar-refractivity contribution < 1.29 is 0 Å². The second-order valence-corrected chi connectivity index (χ2v) is 4.94. The maximum Gasteiger partial charge on any atom is 0.0239 e. The van der Waals surface area contributed by atoms with Crippen molar-refractivity contribution in [3.05, 3.63) is 34.9 Å². The van der Waals surface area contributed by atoms with Crippen molar-refractivity contribution in [2.24, 2.45) is 0 Å². The smallest absolute Gasteiger partial charge is 0.0239 e. The molecule has 1 heterocycles. The van der Waals surface area contributed by atoms with E-state index in [1.807, 2.05) is 0 Å². The molecule has 0 N–H and O–H groups in total. The van der Waals surface area contributed by atoms with Crippen molar-refractivity contribution in [3.8, 4) is 0 Å². The highest BCUT2D eigenvalue weighted by Gasteiger charge is 2.15. The van der Waals surface area contributed by atoms with E-state index in [9.17, 15) is 0 Å². The maximum atomic E-state index is 2.57. The summed E-state index contributed by atoms with van der Waals surface area (Å²) in [7, 11) is 0. The van der Waals surface area contributed by atoms with Gasteiger partial charge in [-0.3, -0.25) is 4.90 Å². The van der Waals surface area contributed by atoms with E-state index >= 15 is 0 Å². The lowest BCUT2D eigenvalue weighted by Gasteiger charge is -2.24. The van der Waals surface area contributed by atoms with Crippen LogP contribution in [0.4, 0.5) is 0 Å². The highest BCUT2D eigenvalue weighted by molar-refractivity contribution is 5.32. The van der Waals surface area contributed by atoms with E-state index in [4.69, 9.17) is 0 Å². The molecule has 15 heavy (non-hydrogen) atoms. The molecule has 0 aromatic heterocycles. The van der Waals surface area contributed by atoms with Crippen LogP contribution in [0.2, 0.25) is 0 Å². The quantitative estimate of drug-likeness (QED) is 0.677. The van der Waals surface area contributed by atoms with Crippen LogP contribution < -0.4 is 0 Å². The Labute approximate surface area is 93.1 Å². The number of hydrogen-bond acceptors (Lipinski definition) is 1. The summed E-state index contributed by atoms with van der Waals surface area (Å²) >= 11 is 0. The van der Waals surface area contributed by atoms with Crippen molar-refractivity contribution in [2.45, 2.75) is 46.2 Å². The normalized spacial score (nSPS) is 17.6. The molecule has 0 fully saturated rings. The summed E-state index contributed by atoms with van der Waals surface area (Å²) in [6, 6.07) is 7.57. The molecule has 0 amide bonds. The zero-order valence-electron chi connectivity index (χ0n) is 10.1. The molecule has 1 aromatic rings. The van der Waals surface area contributed by atoms with E-state index in [-0.39, 0.29) is 0 Å². The van der Waals surface area contributed by atoms with Crippen LogP contribution >= 0.6 is 0 Å². The van der Waals surface area contributed by atoms with Gasteiger partial charge in [0.1, 0.15) is 0 Å². The minimum Gasteiger partial charge on any atom is -0.297 e. The van der Waals surface area contributed by atoms with Gasteiger partial charge in [-0.2, -0.15) is 0 Å². The summed E-state index contributed by atoms with van der Waals surface area (Å²) in [5.41, 5.74) is 4.50. The predicted octanol–water partition coefficient (Wildman–Crippen LogP) is 3.15. The Hall–Kier alpha value is -0.820. The zero-order chi connectivity index (χ0) is 10.8. The SMILES string of the molecule is Cc1ccc2c(c1)CCCN(C(C)C)C2. The lowest BCUT2D eigenvalue weighted by atomic mass is 10.0. The van der Waals surface area contributed by atoms with E-state index in [0.29, 0.717) is 6.04 Å². The summed E-state index contributed by atoms with van der Waals surface area (Å²) in [6.07, 6.45) is 2.55. The average molecular weight is 203 g/mol. The molecule has 0 spiro atoms. The molecule has 0 saturated carbocycles. The summed E-state index contributed by atoms with van der Waals surface area (Å²) < 4.78 is 0. The number of hydrogen-bond donors (Lipinski definition) is 0. The van der Waals surface area contributed by atoms with Crippen LogP contribution in [-0.4, -0.2) is 17.5 Å². The molecular formula is C14H21N. The molecule has 82 valence electrons. The summed E-state index contributed by atoms with van der Waals surface area (Å²) in [5.74, 6) is 0. The van der Waals surface area contributed by atoms with Crippen LogP contribution in [-0.2, 0) is 13.0 Å². The Bertz CT molecular complexity index is 341. The summed E-state index contributed by atoms with van der Waals surface area (Å²) in [4.78, 5) is 2.57. The van der Waals surface area contributed by atoms with Crippen LogP contribution in [0, 0.1) is 6.92 Å². The predicted molar refractivity (Wildman–Crippen MR) is 65.0 cm³/mol. The summed E-state index contributed by atoms with van der Waals surface area (Å²) in [5, 5.41) is 0. The van der Waals surface area contributed by atoms with Gasteiger partial charge in [-0.15, -0.1) is 0 Å². The lowest BCUT2D eigenvalue weighted by Crippen LogP contribution is -2.30. The fraction of sp³-hybridized carbons (Fsp3) is 0.571. The third kappa shape index (κ3) is 2.40. The fourth-order valence-electron chi connectivity index (χ4n) is 2.35. The molecule has 1 heteroatoms. The topological polar surface area (TPSA) is 3.24 Å². The van der Waals surface area contributed by atoms with Crippen LogP contribution in [0.15, 0.2) is 18.2 Å². The number of benzene rings is 1. The third-order valence-electron chi connectivity index (χ3n) is 3.36. The van der Waals surface area contributed by atoms with E-state index < -0.39 is 0 Å². The van der Waals surface area contributed by atoms with Crippen LogP contribution in [0.5, 0.6) is 0 Å². The van der Waals surface area contributed by atoms with Crippen molar-refractivity contribution in [3.63, 3.8) is 0 Å². The monoisotopic (exact) mass is 203 g/mol. The maximum absolute atomic E-state index is 2.57. The van der Waals surface area contributed by atoms with Gasteiger partial charge in [0.05, 0.1) is 0 Å². The Morgan fingerprint density at radius 3 is 2.73 bits per heavy atom. The van der Waals surface area contributed by atoms with E-state index in [1.54, 1.807) is 5.56 Å². The Kier molecular flexibility index (Phi) is 3.11. The lowest BCUT2D eigenvalue weighted by molar-refractivity contribution is 0.216. The van der Waals surface area contributed by atoms with Gasteiger partial charge in [0.15, 0.2) is 0 Å². The van der Waals surface area contributed by atoms with E-state index in [2.05, 4.69) is 43.9 Å². The highest BCUT2D eigenvalue weighted by atomic mass is 15.1. The van der Waals surface area contributed by atoms with Gasteiger partial charge in [0, 0.05) is 12.6 Å². The molecule has 1 nitrogen and oxygen atoms in total. The number of aryl methyl sites for hydroxylation is 2. The Morgan fingerprint density at radius 1 is 1.20 bits per heavy atom. The second-order valence-electron chi connectivity index (χ2n) is 4.94. The molecule has 0 radical (unpaired) electrons. The van der Waals surface area contributed by atoms with Crippen LogP contribution in [0.3, 0.4) is 0 Å². The van der Waals surface area contributed by atoms with Gasteiger partial charge >= 0.3 is 0 Å². The second kappa shape index (κ2) is 4.36. The van der Waals surface area contributed by atoms with Crippen molar-refractivity contribution in [2.75, 3.05) is 6.54 Å². The first kappa shape index (κ1) is 10.7. The first-order valence-electron chi connectivity index (χ1n) is 5.99. The van der Waals surface area contributed by atoms with Crippen LogP contribution in [0.25, 0.3) is 0 Å². The minimum absolute atomic E-state index is 0.664. The van der Waals surface area contributed by atoms with Crippen molar-refractivity contribution >= 4 is 0 Å². The number of rotatable bonds is 1. The standard InChI is InChI=1S/C14H21N/c1-11(2)15-8-4-5-13-9-12(3)6-7-14(13)10-15/h6-7,9,11H,4-5,8,10H2,1-3H3. The first-order valence-corrected chi connectivity index (χ1v) is 5.99. The van der Waals surface area contributed by atoms with Gasteiger partial charge < -0.3 is 0 Å².